The number of hydrogen-bond acceptors (Lipinski definition) is 6. The molecule has 0 N–H and O–H groups in total. The molecule has 0 fully saturated rings. The number of fused-ring (bicyclic) bond motifs is 9. The number of hydrogen-bond donors (Lipinski definition) is 0. The second kappa shape index (κ2) is 19.8. The van der Waals surface area contributed by atoms with Gasteiger partial charge in [-0.15, -0.1) is 0 Å². The van der Waals surface area contributed by atoms with Crippen LogP contribution in [-0.2, 0) is 0 Å². The minimum Gasteiger partial charge on any atom is -0.306 e. The van der Waals surface area contributed by atoms with E-state index in [9.17, 15) is 0 Å². The summed E-state index contributed by atoms with van der Waals surface area (Å²) in [5.74, 6) is -1.13. The molecule has 0 saturated heterocycles. The summed E-state index contributed by atoms with van der Waals surface area (Å²) in [6, 6.07) is 41.3. The fourth-order valence-corrected chi connectivity index (χ4v) is 11.4. The third-order valence-electron chi connectivity index (χ3n) is 13.2. The SMILES string of the molecule is CC(C)(C)CN(C(=O)c1cc(C(=O)N(CC(C)(C)C)c2cnc3c(ccc4c(Br)cccc43)c2)cc(C(=O)N(CC(C)(C)C)c2cnc3c(ccc4c(Br)cccc43)c2)c1)c1cnc2c(ccc3c(Br)cccc32)c1. The largest absolute Gasteiger partial charge is 0.306 e. The molecule has 0 aliphatic rings. The molecule has 378 valence electrons. The van der Waals surface area contributed by atoms with Gasteiger partial charge < -0.3 is 14.7 Å². The molecule has 0 atom stereocenters. The van der Waals surface area contributed by atoms with E-state index >= 15 is 14.4 Å². The van der Waals surface area contributed by atoms with E-state index in [1.54, 1.807) is 51.5 Å². The van der Waals surface area contributed by atoms with Crippen LogP contribution in [0.15, 0.2) is 159 Å². The highest BCUT2D eigenvalue weighted by atomic mass is 79.9. The molecule has 0 aliphatic heterocycles. The van der Waals surface area contributed by atoms with Crippen molar-refractivity contribution in [1.29, 1.82) is 0 Å². The van der Waals surface area contributed by atoms with E-state index in [1.807, 2.05) is 91.0 Å². The van der Waals surface area contributed by atoms with Crippen molar-refractivity contribution in [1.82, 2.24) is 15.0 Å². The Balaban J connectivity index is 1.14. The molecule has 12 heteroatoms. The smallest absolute Gasteiger partial charge is 0.258 e. The zero-order chi connectivity index (χ0) is 53.3. The zero-order valence-corrected chi connectivity index (χ0v) is 48.3. The highest BCUT2D eigenvalue weighted by Gasteiger charge is 2.32. The summed E-state index contributed by atoms with van der Waals surface area (Å²) < 4.78 is 2.91. The molecule has 0 saturated carbocycles. The number of halogens is 3. The lowest BCUT2D eigenvalue weighted by Gasteiger charge is -2.32. The number of amides is 3. The summed E-state index contributed by atoms with van der Waals surface area (Å²) in [7, 11) is 0. The van der Waals surface area contributed by atoms with Gasteiger partial charge in [0.25, 0.3) is 17.7 Å². The first-order valence-electron chi connectivity index (χ1n) is 25.0. The van der Waals surface area contributed by atoms with Gasteiger partial charge in [0.05, 0.1) is 52.2 Å². The molecule has 7 aromatic carbocycles. The Bertz CT molecular complexity index is 3550. The third-order valence-corrected chi connectivity index (χ3v) is 15.2. The van der Waals surface area contributed by atoms with Gasteiger partial charge in [-0.25, -0.2) is 0 Å². The highest BCUT2D eigenvalue weighted by molar-refractivity contribution is 9.11. The second-order valence-electron chi connectivity index (χ2n) is 23.2. The first-order chi connectivity index (χ1) is 35.5. The number of nitrogens with zero attached hydrogens (tertiary/aromatic N) is 6. The van der Waals surface area contributed by atoms with Gasteiger partial charge in [0.2, 0.25) is 0 Å². The summed E-state index contributed by atoms with van der Waals surface area (Å²) in [6.07, 6.45) is 5.23. The fraction of sp³-hybridized carbons (Fsp3) is 0.238. The van der Waals surface area contributed by atoms with Crippen molar-refractivity contribution in [2.45, 2.75) is 62.3 Å². The van der Waals surface area contributed by atoms with Gasteiger partial charge >= 0.3 is 0 Å². The molecule has 0 bridgehead atoms. The monoisotopic (exact) mass is 1180 g/mol. The van der Waals surface area contributed by atoms with Gasteiger partial charge in [-0.1, -0.05) is 183 Å². The molecule has 0 unspecified atom stereocenters. The highest BCUT2D eigenvalue weighted by Crippen LogP contribution is 2.37. The number of carbonyl (C=O) groups excluding carboxylic acids is 3. The Labute approximate surface area is 462 Å². The topological polar surface area (TPSA) is 99.6 Å². The van der Waals surface area contributed by atoms with Crippen LogP contribution in [0.25, 0.3) is 65.0 Å². The number of carbonyl (C=O) groups is 3. The molecule has 0 spiro atoms. The van der Waals surface area contributed by atoms with Crippen molar-refractivity contribution in [3.8, 4) is 0 Å². The molecule has 0 radical (unpaired) electrons. The van der Waals surface area contributed by atoms with E-state index in [-0.39, 0.29) is 50.7 Å². The molecule has 0 aliphatic carbocycles. The van der Waals surface area contributed by atoms with E-state index < -0.39 is 0 Å². The Hall–Kier alpha value is -6.60. The van der Waals surface area contributed by atoms with E-state index in [0.717, 1.165) is 78.4 Å². The number of rotatable bonds is 9. The maximum absolute atomic E-state index is 15.7. The van der Waals surface area contributed by atoms with Crippen LogP contribution in [0.3, 0.4) is 0 Å². The summed E-state index contributed by atoms with van der Waals surface area (Å²) in [4.78, 5) is 67.1. The third kappa shape index (κ3) is 10.7. The van der Waals surface area contributed by atoms with Gasteiger partial charge in [0, 0.05) is 82.1 Å². The van der Waals surface area contributed by atoms with Crippen LogP contribution in [0, 0.1) is 16.2 Å². The first-order valence-corrected chi connectivity index (χ1v) is 27.4. The van der Waals surface area contributed by atoms with E-state index in [0.29, 0.717) is 36.7 Å². The average molecular weight is 1190 g/mol. The van der Waals surface area contributed by atoms with Crippen molar-refractivity contribution >= 4 is 148 Å². The minimum absolute atomic E-state index is 0.185. The van der Waals surface area contributed by atoms with Crippen molar-refractivity contribution in [2.24, 2.45) is 16.2 Å². The normalized spacial score (nSPS) is 12.3. The number of benzene rings is 7. The molecular weight excluding hydrogens is 1130 g/mol. The summed E-state index contributed by atoms with van der Waals surface area (Å²) in [5.41, 5.74) is 3.66. The Morgan fingerprint density at radius 1 is 0.373 bits per heavy atom. The second-order valence-corrected chi connectivity index (χ2v) is 25.7. The maximum Gasteiger partial charge on any atom is 0.258 e. The molecule has 75 heavy (non-hydrogen) atoms. The lowest BCUT2D eigenvalue weighted by Crippen LogP contribution is -2.40. The van der Waals surface area contributed by atoms with Crippen molar-refractivity contribution in [3.63, 3.8) is 0 Å². The van der Waals surface area contributed by atoms with Gasteiger partial charge in [0.15, 0.2) is 0 Å². The standard InChI is InChI=1S/C63H57Br3N6O3/c1-61(2,3)34-70(43-28-37-19-22-46-49(55(37)67-31-43)13-10-16-52(46)64)58(73)40-25-41(59(74)71(35-62(4,5)6)44-29-38-20-23-47-50(56(38)68-32-44)14-11-17-53(47)65)27-42(26-40)60(75)72(36-63(7,8)9)45-30-39-21-24-48-51(57(39)69-33-45)15-12-18-54(48)66/h10-33H,34-36H2,1-9H3. The molecule has 9 nitrogen and oxygen atoms in total. The molecular formula is C63H57Br3N6O3. The number of pyridine rings is 3. The predicted octanol–water partition coefficient (Wildman–Crippen LogP) is 17.2. The van der Waals surface area contributed by atoms with E-state index in [2.05, 4.69) is 128 Å². The van der Waals surface area contributed by atoms with Gasteiger partial charge in [-0.2, -0.15) is 0 Å². The predicted molar refractivity (Wildman–Crippen MR) is 321 cm³/mol. The zero-order valence-electron chi connectivity index (χ0n) is 43.5. The van der Waals surface area contributed by atoms with Gasteiger partial charge in [-0.05, 0) is 87.0 Å². The van der Waals surface area contributed by atoms with E-state index in [1.165, 1.54) is 0 Å². The van der Waals surface area contributed by atoms with Gasteiger partial charge in [-0.3, -0.25) is 29.3 Å². The Morgan fingerprint density at radius 2 is 0.640 bits per heavy atom. The molecule has 3 heterocycles. The van der Waals surface area contributed by atoms with Crippen LogP contribution in [0.2, 0.25) is 0 Å². The summed E-state index contributed by atoms with van der Waals surface area (Å²) in [5, 5.41) is 8.69. The van der Waals surface area contributed by atoms with Crippen LogP contribution >= 0.6 is 47.8 Å². The molecule has 10 aromatic rings. The van der Waals surface area contributed by atoms with E-state index in [4.69, 9.17) is 15.0 Å². The molecule has 3 amide bonds. The minimum atomic E-state index is -0.376. The Morgan fingerprint density at radius 3 is 0.893 bits per heavy atom. The van der Waals surface area contributed by atoms with Crippen LogP contribution < -0.4 is 14.7 Å². The average Bonchev–Trinajstić information content (AvgIpc) is 3.37. The maximum atomic E-state index is 15.7. The Kier molecular flexibility index (Phi) is 13.7. The summed E-state index contributed by atoms with van der Waals surface area (Å²) in [6.45, 7) is 19.6. The van der Waals surface area contributed by atoms with Crippen molar-refractivity contribution < 1.29 is 14.4 Å². The first kappa shape index (κ1) is 51.9. The van der Waals surface area contributed by atoms with Crippen LogP contribution in [-0.4, -0.2) is 52.3 Å². The quantitative estimate of drug-likeness (QED) is 0.134. The summed E-state index contributed by atoms with van der Waals surface area (Å²) >= 11 is 11.1. The fourth-order valence-electron chi connectivity index (χ4n) is 9.90. The lowest BCUT2D eigenvalue weighted by atomic mass is 9.93. The van der Waals surface area contributed by atoms with Crippen LogP contribution in [0.4, 0.5) is 17.1 Å². The van der Waals surface area contributed by atoms with Crippen molar-refractivity contribution in [3.05, 3.63) is 176 Å². The number of aromatic nitrogens is 3. The lowest BCUT2D eigenvalue weighted by molar-refractivity contribution is 0.0977. The van der Waals surface area contributed by atoms with Crippen LogP contribution in [0.1, 0.15) is 93.4 Å². The van der Waals surface area contributed by atoms with Crippen LogP contribution in [0.5, 0.6) is 0 Å². The van der Waals surface area contributed by atoms with Gasteiger partial charge in [0.1, 0.15) is 0 Å². The molecule has 10 rings (SSSR count). The number of anilines is 3. The van der Waals surface area contributed by atoms with Crippen molar-refractivity contribution in [2.75, 3.05) is 34.3 Å². The molecule has 3 aromatic heterocycles.